The van der Waals surface area contributed by atoms with Crippen LogP contribution < -0.4 is 9.47 Å². The number of ether oxygens (including phenoxy) is 2. The minimum Gasteiger partial charge on any atom is -0.497 e. The molecule has 5 heteroatoms. The maximum absolute atomic E-state index is 13.1. The molecule has 0 spiro atoms. The molecule has 4 nitrogen and oxygen atoms in total. The van der Waals surface area contributed by atoms with Crippen LogP contribution in [0.15, 0.2) is 35.0 Å². The van der Waals surface area contributed by atoms with E-state index in [9.17, 15) is 4.79 Å². The van der Waals surface area contributed by atoms with E-state index in [0.717, 1.165) is 12.0 Å². The molecule has 1 aromatic carbocycles. The second kappa shape index (κ2) is 8.02. The van der Waals surface area contributed by atoms with Gasteiger partial charge in [0.1, 0.15) is 11.5 Å². The monoisotopic (exact) mass is 333 g/mol. The Morgan fingerprint density at radius 2 is 2.04 bits per heavy atom. The van der Waals surface area contributed by atoms with Crippen molar-refractivity contribution in [1.29, 1.82) is 0 Å². The zero-order valence-electron chi connectivity index (χ0n) is 14.0. The fraction of sp³-hybridized carbons (Fsp3) is 0.389. The van der Waals surface area contributed by atoms with Gasteiger partial charge in [-0.2, -0.15) is 11.3 Å². The molecule has 0 saturated carbocycles. The van der Waals surface area contributed by atoms with Crippen molar-refractivity contribution in [1.82, 2.24) is 4.90 Å². The minimum atomic E-state index is -0.0231. The van der Waals surface area contributed by atoms with E-state index in [2.05, 4.69) is 25.3 Å². The van der Waals surface area contributed by atoms with Crippen molar-refractivity contribution in [2.24, 2.45) is 0 Å². The molecule has 124 valence electrons. The molecule has 2 aromatic rings. The molecule has 1 amide bonds. The first-order chi connectivity index (χ1) is 11.1. The maximum atomic E-state index is 13.1. The summed E-state index contributed by atoms with van der Waals surface area (Å²) in [6.45, 7) is 4.76. The number of hydrogen-bond acceptors (Lipinski definition) is 4. The van der Waals surface area contributed by atoms with E-state index in [4.69, 9.17) is 9.47 Å². The summed E-state index contributed by atoms with van der Waals surface area (Å²) >= 11 is 1.64. The molecule has 23 heavy (non-hydrogen) atoms. The summed E-state index contributed by atoms with van der Waals surface area (Å²) in [4.78, 5) is 15.0. The second-order valence-corrected chi connectivity index (χ2v) is 6.17. The normalized spacial score (nSPS) is 11.8. The average Bonchev–Trinajstić information content (AvgIpc) is 3.11. The lowest BCUT2D eigenvalue weighted by Gasteiger charge is -2.29. The smallest absolute Gasteiger partial charge is 0.258 e. The molecule has 0 bridgehead atoms. The predicted molar refractivity (Wildman–Crippen MR) is 93.5 cm³/mol. The van der Waals surface area contributed by atoms with Gasteiger partial charge in [-0.25, -0.2) is 0 Å². The number of methoxy groups -OCH3 is 2. The summed E-state index contributed by atoms with van der Waals surface area (Å²) in [6, 6.07) is 7.50. The molecule has 0 aliphatic heterocycles. The molecule has 0 unspecified atom stereocenters. The van der Waals surface area contributed by atoms with Crippen LogP contribution in [0, 0.1) is 0 Å². The Labute approximate surface area is 141 Å². The molecule has 1 heterocycles. The van der Waals surface area contributed by atoms with Gasteiger partial charge in [-0.3, -0.25) is 4.79 Å². The number of hydrogen-bond donors (Lipinski definition) is 0. The molecule has 0 radical (unpaired) electrons. The van der Waals surface area contributed by atoms with Gasteiger partial charge in [0.2, 0.25) is 0 Å². The number of carbonyl (C=O) groups is 1. The lowest BCUT2D eigenvalue weighted by atomic mass is 10.1. The third-order valence-electron chi connectivity index (χ3n) is 3.96. The van der Waals surface area contributed by atoms with Crippen LogP contribution in [0.1, 0.15) is 36.2 Å². The highest BCUT2D eigenvalue weighted by Crippen LogP contribution is 2.27. The highest BCUT2D eigenvalue weighted by Gasteiger charge is 2.24. The fourth-order valence-corrected chi connectivity index (χ4v) is 3.02. The molecule has 2 rings (SSSR count). The fourth-order valence-electron chi connectivity index (χ4n) is 2.36. The lowest BCUT2D eigenvalue weighted by molar-refractivity contribution is 0.0668. The number of carbonyl (C=O) groups excluding carboxylic acids is 1. The van der Waals surface area contributed by atoms with E-state index in [1.54, 1.807) is 43.8 Å². The number of nitrogens with zero attached hydrogens (tertiary/aromatic N) is 1. The molecule has 0 aliphatic rings. The summed E-state index contributed by atoms with van der Waals surface area (Å²) in [5.41, 5.74) is 1.71. The number of benzene rings is 1. The Morgan fingerprint density at radius 3 is 2.61 bits per heavy atom. The van der Waals surface area contributed by atoms with Gasteiger partial charge in [-0.1, -0.05) is 6.92 Å². The van der Waals surface area contributed by atoms with Gasteiger partial charge in [0.15, 0.2) is 0 Å². The van der Waals surface area contributed by atoms with Gasteiger partial charge in [-0.05, 0) is 47.9 Å². The summed E-state index contributed by atoms with van der Waals surface area (Å²) in [7, 11) is 3.16. The van der Waals surface area contributed by atoms with Crippen molar-refractivity contribution in [3.63, 3.8) is 0 Å². The zero-order chi connectivity index (χ0) is 16.8. The predicted octanol–water partition coefficient (Wildman–Crippen LogP) is 4.21. The lowest BCUT2D eigenvalue weighted by Crippen LogP contribution is -2.37. The summed E-state index contributed by atoms with van der Waals surface area (Å²) in [6.07, 6.45) is 0.897. The van der Waals surface area contributed by atoms with E-state index in [-0.39, 0.29) is 11.9 Å². The Hall–Kier alpha value is -2.01. The SMILES string of the molecule is CC[C@@H](C)N(Cc1ccsc1)C(=O)c1ccc(OC)cc1OC. The minimum absolute atomic E-state index is 0.0231. The molecule has 0 fully saturated rings. The first kappa shape index (κ1) is 17.3. The number of rotatable bonds is 7. The Morgan fingerprint density at radius 1 is 1.26 bits per heavy atom. The zero-order valence-corrected chi connectivity index (χ0v) is 14.9. The highest BCUT2D eigenvalue weighted by atomic mass is 32.1. The van der Waals surface area contributed by atoms with Gasteiger partial charge in [0.25, 0.3) is 5.91 Å². The van der Waals surface area contributed by atoms with Gasteiger partial charge in [0, 0.05) is 18.7 Å². The largest absolute Gasteiger partial charge is 0.497 e. The van der Waals surface area contributed by atoms with Gasteiger partial charge in [0.05, 0.1) is 19.8 Å². The first-order valence-electron chi connectivity index (χ1n) is 7.64. The van der Waals surface area contributed by atoms with Crippen LogP contribution in [0.4, 0.5) is 0 Å². The van der Waals surface area contributed by atoms with E-state index in [0.29, 0.717) is 23.6 Å². The molecule has 1 aromatic heterocycles. The Balaban J connectivity index is 2.33. The third kappa shape index (κ3) is 4.05. The van der Waals surface area contributed by atoms with Crippen molar-refractivity contribution < 1.29 is 14.3 Å². The molecular formula is C18H23NO3S. The molecular weight excluding hydrogens is 310 g/mol. The summed E-state index contributed by atoms with van der Waals surface area (Å²) in [5, 5.41) is 4.11. The quantitative estimate of drug-likeness (QED) is 0.762. The van der Waals surface area contributed by atoms with Crippen LogP contribution in [-0.2, 0) is 6.54 Å². The third-order valence-corrected chi connectivity index (χ3v) is 4.69. The molecule has 0 saturated heterocycles. The van der Waals surface area contributed by atoms with Crippen LogP contribution in [0.3, 0.4) is 0 Å². The van der Waals surface area contributed by atoms with E-state index < -0.39 is 0 Å². The maximum Gasteiger partial charge on any atom is 0.258 e. The first-order valence-corrected chi connectivity index (χ1v) is 8.59. The van der Waals surface area contributed by atoms with Crippen LogP contribution >= 0.6 is 11.3 Å². The van der Waals surface area contributed by atoms with Crippen LogP contribution in [-0.4, -0.2) is 31.1 Å². The van der Waals surface area contributed by atoms with Crippen molar-refractivity contribution >= 4 is 17.2 Å². The number of thiophene rings is 1. The molecule has 0 aliphatic carbocycles. The Kier molecular flexibility index (Phi) is 6.04. The van der Waals surface area contributed by atoms with E-state index in [1.807, 2.05) is 10.3 Å². The van der Waals surface area contributed by atoms with Gasteiger partial charge >= 0.3 is 0 Å². The van der Waals surface area contributed by atoms with Crippen molar-refractivity contribution in [3.05, 3.63) is 46.2 Å². The van der Waals surface area contributed by atoms with E-state index >= 15 is 0 Å². The van der Waals surface area contributed by atoms with Crippen molar-refractivity contribution in [3.8, 4) is 11.5 Å². The van der Waals surface area contributed by atoms with Crippen molar-refractivity contribution in [2.75, 3.05) is 14.2 Å². The average molecular weight is 333 g/mol. The molecule has 1 atom stereocenters. The van der Waals surface area contributed by atoms with Crippen LogP contribution in [0.25, 0.3) is 0 Å². The molecule has 0 N–H and O–H groups in total. The van der Waals surface area contributed by atoms with Crippen LogP contribution in [0.5, 0.6) is 11.5 Å². The van der Waals surface area contributed by atoms with E-state index in [1.165, 1.54) is 0 Å². The van der Waals surface area contributed by atoms with Gasteiger partial charge in [-0.15, -0.1) is 0 Å². The highest BCUT2D eigenvalue weighted by molar-refractivity contribution is 7.07. The number of amides is 1. The summed E-state index contributed by atoms with van der Waals surface area (Å²) in [5.74, 6) is 1.18. The van der Waals surface area contributed by atoms with Gasteiger partial charge < -0.3 is 14.4 Å². The van der Waals surface area contributed by atoms with Crippen molar-refractivity contribution in [2.45, 2.75) is 32.9 Å². The summed E-state index contributed by atoms with van der Waals surface area (Å²) < 4.78 is 10.6. The Bertz CT molecular complexity index is 640. The van der Waals surface area contributed by atoms with Crippen LogP contribution in [0.2, 0.25) is 0 Å². The second-order valence-electron chi connectivity index (χ2n) is 5.39. The topological polar surface area (TPSA) is 38.8 Å². The standard InChI is InChI=1S/C18H23NO3S/c1-5-13(2)19(11-14-8-9-23-12-14)18(20)16-7-6-15(21-3)10-17(16)22-4/h6-10,12-13H,5,11H2,1-4H3/t13-/m1/s1.